The van der Waals surface area contributed by atoms with Crippen LogP contribution in [0.4, 0.5) is 18.9 Å². The number of nitrogens with zero attached hydrogens (tertiary/aromatic N) is 3. The minimum atomic E-state index is -1.49. The average molecular weight is 560 g/mol. The number of halogens is 3. The molecule has 3 heterocycles. The molecule has 8 nitrogen and oxygen atoms in total. The number of ether oxygens (including phenoxy) is 1. The molecule has 0 bridgehead atoms. The Morgan fingerprint density at radius 3 is 2.61 bits per heavy atom. The molecular weight excluding hydrogens is 535 g/mol. The Labute approximate surface area is 232 Å². The number of nitrogens with one attached hydrogen (secondary N) is 2. The van der Waals surface area contributed by atoms with E-state index in [1.165, 1.54) is 22.9 Å². The highest BCUT2D eigenvalue weighted by molar-refractivity contribution is 6.20. The molecule has 0 spiro atoms. The van der Waals surface area contributed by atoms with Crippen LogP contribution in [0.5, 0.6) is 5.88 Å². The number of anilines is 1. The molecule has 11 heteroatoms. The zero-order valence-corrected chi connectivity index (χ0v) is 21.8. The topological polar surface area (TPSA) is 97.6 Å². The Morgan fingerprint density at radius 1 is 1.02 bits per heavy atom. The van der Waals surface area contributed by atoms with Crippen molar-refractivity contribution in [2.45, 2.75) is 38.6 Å². The lowest BCUT2D eigenvalue weighted by Gasteiger charge is -2.16. The fourth-order valence-corrected chi connectivity index (χ4v) is 4.99. The van der Waals surface area contributed by atoms with Crippen LogP contribution in [0.1, 0.15) is 41.3 Å². The van der Waals surface area contributed by atoms with Crippen LogP contribution in [0, 0.1) is 17.5 Å². The Hall–Kier alpha value is -4.93. The van der Waals surface area contributed by atoms with Crippen molar-refractivity contribution in [3.63, 3.8) is 0 Å². The Morgan fingerprint density at radius 2 is 1.83 bits per heavy atom. The van der Waals surface area contributed by atoms with E-state index >= 15 is 0 Å². The smallest absolute Gasteiger partial charge is 0.269 e. The van der Waals surface area contributed by atoms with Crippen LogP contribution in [0.25, 0.3) is 11.3 Å². The Balaban J connectivity index is 1.45. The number of fused-ring (bicyclic) bond motifs is 2. The number of hydrogen-bond acceptors (Lipinski definition) is 5. The fourth-order valence-electron chi connectivity index (χ4n) is 4.99. The summed E-state index contributed by atoms with van der Waals surface area (Å²) >= 11 is 0. The van der Waals surface area contributed by atoms with E-state index in [0.29, 0.717) is 36.6 Å². The molecule has 2 amide bonds. The highest BCUT2D eigenvalue weighted by Crippen LogP contribution is 2.35. The summed E-state index contributed by atoms with van der Waals surface area (Å²) < 4.78 is 51.0. The van der Waals surface area contributed by atoms with Gasteiger partial charge in [0.15, 0.2) is 0 Å². The summed E-state index contributed by atoms with van der Waals surface area (Å²) in [6, 6.07) is 16.2. The molecule has 0 saturated heterocycles. The van der Waals surface area contributed by atoms with Gasteiger partial charge >= 0.3 is 0 Å². The maximum Gasteiger partial charge on any atom is 0.269 e. The summed E-state index contributed by atoms with van der Waals surface area (Å²) in [6.07, 6.45) is -0.368. The van der Waals surface area contributed by atoms with Crippen molar-refractivity contribution in [3.05, 3.63) is 101 Å². The molecule has 0 fully saturated rings. The number of carbonyl (C=O) groups excluding carboxylic acids is 2. The van der Waals surface area contributed by atoms with E-state index in [2.05, 4.69) is 20.7 Å². The molecule has 6 rings (SSSR count). The number of rotatable bonds is 4. The largest absolute Gasteiger partial charge is 0.474 e. The molecule has 41 heavy (non-hydrogen) atoms. The van der Waals surface area contributed by atoms with Crippen LogP contribution in [-0.2, 0) is 11.3 Å². The molecular formula is C30H24F3N5O3. The lowest BCUT2D eigenvalue weighted by molar-refractivity contribution is -0.117. The zero-order chi connectivity index (χ0) is 28.7. The zero-order valence-electron chi connectivity index (χ0n) is 21.8. The van der Waals surface area contributed by atoms with Crippen molar-refractivity contribution < 1.29 is 27.5 Å². The third-order valence-electron chi connectivity index (χ3n) is 6.95. The number of carbonyl (C=O) groups is 2. The summed E-state index contributed by atoms with van der Waals surface area (Å²) in [7, 11) is 0. The van der Waals surface area contributed by atoms with E-state index in [-0.39, 0.29) is 40.2 Å². The standard InChI is InChI=1S/C30H24F3N5O3/c1-16-7-6-14-38-30(41-16)23(26(37-38)19-13-12-18(31)15-22(19)33)28(39)36-27-29(40)35-25-20(10-5-11-21(25)32)24(34-27)17-8-3-2-4-9-17/h2-5,8-13,15-16,27H,6-7,14H2,1H3,(H,35,40)(H,36,39)/t16-,27+/m0/s1. The van der Waals surface area contributed by atoms with Gasteiger partial charge in [0.05, 0.1) is 17.5 Å². The number of para-hydroxylation sites is 1. The van der Waals surface area contributed by atoms with Gasteiger partial charge in [-0.25, -0.2) is 22.8 Å². The second kappa shape index (κ2) is 10.6. The minimum absolute atomic E-state index is 0.0671. The molecule has 2 aliphatic rings. The van der Waals surface area contributed by atoms with E-state index in [1.54, 1.807) is 36.4 Å². The molecule has 3 aromatic carbocycles. The van der Waals surface area contributed by atoms with Crippen molar-refractivity contribution in [2.24, 2.45) is 4.99 Å². The molecule has 2 aliphatic heterocycles. The van der Waals surface area contributed by atoms with Gasteiger partial charge in [-0.3, -0.25) is 9.59 Å². The van der Waals surface area contributed by atoms with Crippen molar-refractivity contribution in [1.29, 1.82) is 0 Å². The number of aromatic nitrogens is 2. The molecule has 208 valence electrons. The minimum Gasteiger partial charge on any atom is -0.474 e. The van der Waals surface area contributed by atoms with Gasteiger partial charge in [-0.05, 0) is 38.0 Å². The molecule has 2 N–H and O–H groups in total. The lowest BCUT2D eigenvalue weighted by atomic mass is 10.0. The predicted octanol–water partition coefficient (Wildman–Crippen LogP) is 5.07. The van der Waals surface area contributed by atoms with Gasteiger partial charge in [0.25, 0.3) is 11.8 Å². The van der Waals surface area contributed by atoms with Crippen molar-refractivity contribution in [1.82, 2.24) is 15.1 Å². The van der Waals surface area contributed by atoms with Gasteiger partial charge in [0.1, 0.15) is 28.7 Å². The third-order valence-corrected chi connectivity index (χ3v) is 6.95. The first-order chi connectivity index (χ1) is 19.8. The number of aliphatic imine (C=N–C) groups is 1. The van der Waals surface area contributed by atoms with Gasteiger partial charge in [0, 0.05) is 29.3 Å². The molecule has 0 unspecified atom stereocenters. The van der Waals surface area contributed by atoms with Crippen LogP contribution >= 0.6 is 0 Å². The fraction of sp³-hybridized carbons (Fsp3) is 0.200. The molecule has 4 aromatic rings. The maximum absolute atomic E-state index is 14.9. The van der Waals surface area contributed by atoms with Crippen molar-refractivity contribution >= 4 is 23.2 Å². The number of benzodiazepines with no additional fused rings is 1. The van der Waals surface area contributed by atoms with Crippen molar-refractivity contribution in [3.8, 4) is 17.1 Å². The van der Waals surface area contributed by atoms with Crippen LogP contribution in [0.3, 0.4) is 0 Å². The first-order valence-electron chi connectivity index (χ1n) is 13.1. The molecule has 2 atom stereocenters. The van der Waals surface area contributed by atoms with Gasteiger partial charge in [-0.2, -0.15) is 5.10 Å². The molecule has 0 aliphatic carbocycles. The number of aryl methyl sites for hydroxylation is 1. The van der Waals surface area contributed by atoms with Crippen LogP contribution in [-0.4, -0.2) is 39.6 Å². The van der Waals surface area contributed by atoms with Crippen LogP contribution in [0.15, 0.2) is 71.7 Å². The van der Waals surface area contributed by atoms with Gasteiger partial charge in [0.2, 0.25) is 12.0 Å². The van der Waals surface area contributed by atoms with E-state index in [4.69, 9.17) is 4.74 Å². The SMILES string of the molecule is C[C@H]1CCCn2nc(-c3ccc(F)cc3F)c(C(=O)N[C@H]3N=C(c4ccccc4)c4cccc(F)c4NC3=O)c2O1. The normalized spacial score (nSPS) is 18.1. The highest BCUT2D eigenvalue weighted by Gasteiger charge is 2.34. The first kappa shape index (κ1) is 26.3. The summed E-state index contributed by atoms with van der Waals surface area (Å²) in [4.78, 5) is 31.8. The highest BCUT2D eigenvalue weighted by atomic mass is 19.1. The summed E-state index contributed by atoms with van der Waals surface area (Å²) in [5, 5.41) is 9.58. The Bertz CT molecular complexity index is 1700. The monoisotopic (exact) mass is 559 g/mol. The number of amides is 2. The molecule has 0 saturated carbocycles. The van der Waals surface area contributed by atoms with Gasteiger partial charge < -0.3 is 15.4 Å². The average Bonchev–Trinajstić information content (AvgIpc) is 3.09. The molecule has 1 aromatic heterocycles. The first-order valence-corrected chi connectivity index (χ1v) is 13.1. The summed E-state index contributed by atoms with van der Waals surface area (Å²) in [5.41, 5.74) is 0.852. The van der Waals surface area contributed by atoms with Gasteiger partial charge in [-0.15, -0.1) is 0 Å². The molecule has 0 radical (unpaired) electrons. The summed E-state index contributed by atoms with van der Waals surface area (Å²) in [5.74, 6) is -3.86. The van der Waals surface area contributed by atoms with Crippen LogP contribution in [0.2, 0.25) is 0 Å². The van der Waals surface area contributed by atoms with E-state index in [9.17, 15) is 22.8 Å². The van der Waals surface area contributed by atoms with Crippen LogP contribution < -0.4 is 15.4 Å². The Kier molecular flexibility index (Phi) is 6.78. The lowest BCUT2D eigenvalue weighted by Crippen LogP contribution is -2.42. The summed E-state index contributed by atoms with van der Waals surface area (Å²) in [6.45, 7) is 2.24. The maximum atomic E-state index is 14.9. The van der Waals surface area contributed by atoms with Crippen molar-refractivity contribution in [2.75, 3.05) is 5.32 Å². The second-order valence-electron chi connectivity index (χ2n) is 9.82. The number of hydrogen-bond donors (Lipinski definition) is 2. The van der Waals surface area contributed by atoms with E-state index in [1.807, 2.05) is 6.92 Å². The van der Waals surface area contributed by atoms with E-state index in [0.717, 1.165) is 6.07 Å². The van der Waals surface area contributed by atoms with Gasteiger partial charge in [-0.1, -0.05) is 42.5 Å². The van der Waals surface area contributed by atoms with E-state index < -0.39 is 35.4 Å². The quantitative estimate of drug-likeness (QED) is 0.365. The third kappa shape index (κ3) is 4.94. The predicted molar refractivity (Wildman–Crippen MR) is 145 cm³/mol. The number of benzene rings is 3. The second-order valence-corrected chi connectivity index (χ2v) is 9.82.